The van der Waals surface area contributed by atoms with Crippen LogP contribution in [0, 0.1) is 0 Å². The Balaban J connectivity index is 1.68. The van der Waals surface area contributed by atoms with Crippen molar-refractivity contribution in [2.24, 2.45) is 0 Å². The van der Waals surface area contributed by atoms with E-state index in [1.54, 1.807) is 42.5 Å². The molecule has 8 nitrogen and oxygen atoms in total. The molecule has 3 aromatic rings. The lowest BCUT2D eigenvalue weighted by Gasteiger charge is -2.34. The first-order valence-electron chi connectivity index (χ1n) is 14.2. The predicted molar refractivity (Wildman–Crippen MR) is 160 cm³/mol. The van der Waals surface area contributed by atoms with Crippen molar-refractivity contribution in [3.05, 3.63) is 90.5 Å². The second-order valence-electron chi connectivity index (χ2n) is 10.3. The molecular weight excluding hydrogens is 538 g/mol. The molecule has 0 radical (unpaired) electrons. The van der Waals surface area contributed by atoms with Crippen LogP contribution in [0.2, 0.25) is 0 Å². The molecule has 3 aromatic carbocycles. The van der Waals surface area contributed by atoms with Crippen LogP contribution in [0.3, 0.4) is 0 Å². The van der Waals surface area contributed by atoms with E-state index >= 15 is 0 Å². The van der Waals surface area contributed by atoms with E-state index in [1.165, 1.54) is 30.6 Å². The molecule has 0 unspecified atom stereocenters. The molecule has 0 saturated heterocycles. The lowest BCUT2D eigenvalue weighted by atomic mass is 9.95. The molecule has 1 aliphatic carbocycles. The SMILES string of the molecule is CC[C@@H](C(=O)NC1CCCCC1)N(Cc1ccccc1)C(=O)CN(c1ccc(OC)cc1)S(=O)(=O)c1ccccc1. The quantitative estimate of drug-likeness (QED) is 0.321. The fourth-order valence-corrected chi connectivity index (χ4v) is 6.68. The standard InChI is InChI=1S/C32H39N3O5S/c1-3-30(32(37)33-26-15-9-5-10-16-26)34(23-25-13-7-4-8-14-25)31(36)24-35(27-19-21-28(40-2)22-20-27)41(38,39)29-17-11-6-12-18-29/h4,6-8,11-14,17-22,26,30H,3,5,9-10,15-16,23-24H2,1-2H3,(H,33,37)/t30-/m0/s1. The summed E-state index contributed by atoms with van der Waals surface area (Å²) in [5.74, 6) is -0.103. The van der Waals surface area contributed by atoms with E-state index in [0.717, 1.165) is 35.6 Å². The van der Waals surface area contributed by atoms with Crippen molar-refractivity contribution in [2.75, 3.05) is 18.0 Å². The van der Waals surface area contributed by atoms with Gasteiger partial charge in [-0.3, -0.25) is 13.9 Å². The monoisotopic (exact) mass is 577 g/mol. The summed E-state index contributed by atoms with van der Waals surface area (Å²) in [6, 6.07) is 23.4. The minimum atomic E-state index is -4.11. The summed E-state index contributed by atoms with van der Waals surface area (Å²) in [6.07, 6.45) is 5.56. The van der Waals surface area contributed by atoms with E-state index < -0.39 is 28.5 Å². The molecular formula is C32H39N3O5S. The van der Waals surface area contributed by atoms with Crippen molar-refractivity contribution in [1.82, 2.24) is 10.2 Å². The van der Waals surface area contributed by atoms with Crippen LogP contribution in [0.5, 0.6) is 5.75 Å². The summed E-state index contributed by atoms with van der Waals surface area (Å²) in [4.78, 5) is 29.3. The average molecular weight is 578 g/mol. The fourth-order valence-electron chi connectivity index (χ4n) is 5.24. The van der Waals surface area contributed by atoms with E-state index in [9.17, 15) is 18.0 Å². The molecule has 2 amide bonds. The maximum absolute atomic E-state index is 14.1. The lowest BCUT2D eigenvalue weighted by Crippen LogP contribution is -2.54. The summed E-state index contributed by atoms with van der Waals surface area (Å²) >= 11 is 0. The maximum Gasteiger partial charge on any atom is 0.264 e. The first kappa shape index (κ1) is 30.1. The van der Waals surface area contributed by atoms with Gasteiger partial charge in [0.25, 0.3) is 10.0 Å². The molecule has 1 saturated carbocycles. The first-order valence-corrected chi connectivity index (χ1v) is 15.6. The number of carbonyl (C=O) groups is 2. The van der Waals surface area contributed by atoms with Gasteiger partial charge in [0, 0.05) is 12.6 Å². The van der Waals surface area contributed by atoms with Crippen LogP contribution in [0.1, 0.15) is 51.0 Å². The molecule has 1 fully saturated rings. The molecule has 0 heterocycles. The van der Waals surface area contributed by atoms with Crippen molar-refractivity contribution in [2.45, 2.75) is 69.0 Å². The van der Waals surface area contributed by atoms with Gasteiger partial charge in [-0.15, -0.1) is 0 Å². The van der Waals surface area contributed by atoms with Crippen molar-refractivity contribution >= 4 is 27.5 Å². The Hall–Kier alpha value is -3.85. The number of hydrogen-bond donors (Lipinski definition) is 1. The average Bonchev–Trinajstić information content (AvgIpc) is 3.01. The maximum atomic E-state index is 14.1. The van der Waals surface area contributed by atoms with Crippen LogP contribution >= 0.6 is 0 Å². The Morgan fingerprint density at radius 3 is 2.10 bits per heavy atom. The van der Waals surface area contributed by atoms with Gasteiger partial charge in [0.05, 0.1) is 17.7 Å². The lowest BCUT2D eigenvalue weighted by molar-refractivity contribution is -0.140. The summed E-state index contributed by atoms with van der Waals surface area (Å²) in [5.41, 5.74) is 1.18. The highest BCUT2D eigenvalue weighted by Crippen LogP contribution is 2.27. The first-order chi connectivity index (χ1) is 19.8. The van der Waals surface area contributed by atoms with Gasteiger partial charge in [0.1, 0.15) is 18.3 Å². The molecule has 1 atom stereocenters. The van der Waals surface area contributed by atoms with Gasteiger partial charge in [-0.2, -0.15) is 0 Å². The fraction of sp³-hybridized carbons (Fsp3) is 0.375. The number of methoxy groups -OCH3 is 1. The number of amides is 2. The zero-order chi connectivity index (χ0) is 29.2. The topological polar surface area (TPSA) is 96.0 Å². The van der Waals surface area contributed by atoms with E-state index in [2.05, 4.69) is 5.32 Å². The van der Waals surface area contributed by atoms with Crippen LogP contribution < -0.4 is 14.4 Å². The van der Waals surface area contributed by atoms with Gasteiger partial charge < -0.3 is 15.0 Å². The Morgan fingerprint density at radius 1 is 0.902 bits per heavy atom. The van der Waals surface area contributed by atoms with Crippen LogP contribution in [-0.4, -0.2) is 50.9 Å². The van der Waals surface area contributed by atoms with Gasteiger partial charge in [-0.1, -0.05) is 74.7 Å². The molecule has 0 spiro atoms. The number of sulfonamides is 1. The smallest absolute Gasteiger partial charge is 0.264 e. The number of anilines is 1. The summed E-state index contributed by atoms with van der Waals surface area (Å²) in [6.45, 7) is 1.58. The molecule has 0 aromatic heterocycles. The van der Waals surface area contributed by atoms with Gasteiger partial charge in [0.15, 0.2) is 0 Å². The Morgan fingerprint density at radius 2 is 1.51 bits per heavy atom. The van der Waals surface area contributed by atoms with E-state index in [1.807, 2.05) is 37.3 Å². The highest BCUT2D eigenvalue weighted by atomic mass is 32.2. The third kappa shape index (κ3) is 7.67. The molecule has 218 valence electrons. The van der Waals surface area contributed by atoms with Crippen LogP contribution in [0.15, 0.2) is 89.8 Å². The second kappa shape index (κ2) is 14.2. The third-order valence-electron chi connectivity index (χ3n) is 7.50. The summed E-state index contributed by atoms with van der Waals surface area (Å²) < 4.78 is 34.1. The summed E-state index contributed by atoms with van der Waals surface area (Å²) in [5, 5.41) is 3.17. The Kier molecular flexibility index (Phi) is 10.4. The second-order valence-corrected chi connectivity index (χ2v) is 12.2. The zero-order valence-electron chi connectivity index (χ0n) is 23.7. The minimum absolute atomic E-state index is 0.0697. The highest BCUT2D eigenvalue weighted by molar-refractivity contribution is 7.92. The molecule has 0 bridgehead atoms. The van der Waals surface area contributed by atoms with Crippen LogP contribution in [0.25, 0.3) is 0 Å². The number of rotatable bonds is 12. The van der Waals surface area contributed by atoms with E-state index in [-0.39, 0.29) is 23.4 Å². The Bertz CT molecular complexity index is 1380. The van der Waals surface area contributed by atoms with Gasteiger partial charge in [-0.25, -0.2) is 8.42 Å². The van der Waals surface area contributed by atoms with Gasteiger partial charge in [-0.05, 0) is 61.2 Å². The predicted octanol–water partition coefficient (Wildman–Crippen LogP) is 5.15. The van der Waals surface area contributed by atoms with Crippen molar-refractivity contribution < 1.29 is 22.7 Å². The molecule has 1 aliphatic rings. The molecule has 41 heavy (non-hydrogen) atoms. The number of nitrogens with one attached hydrogen (secondary N) is 1. The van der Waals surface area contributed by atoms with E-state index in [0.29, 0.717) is 17.9 Å². The largest absolute Gasteiger partial charge is 0.497 e. The Labute approximate surface area is 243 Å². The highest BCUT2D eigenvalue weighted by Gasteiger charge is 2.34. The zero-order valence-corrected chi connectivity index (χ0v) is 24.6. The van der Waals surface area contributed by atoms with Gasteiger partial charge in [0.2, 0.25) is 11.8 Å². The number of benzene rings is 3. The number of nitrogens with zero attached hydrogens (tertiary/aromatic N) is 2. The number of ether oxygens (including phenoxy) is 1. The summed E-state index contributed by atoms with van der Waals surface area (Å²) in [7, 11) is -2.58. The van der Waals surface area contributed by atoms with Gasteiger partial charge >= 0.3 is 0 Å². The number of carbonyl (C=O) groups excluding carboxylic acids is 2. The molecule has 0 aliphatic heterocycles. The minimum Gasteiger partial charge on any atom is -0.497 e. The molecule has 4 rings (SSSR count). The molecule has 1 N–H and O–H groups in total. The molecule has 9 heteroatoms. The normalized spacial score (nSPS) is 14.6. The van der Waals surface area contributed by atoms with Crippen molar-refractivity contribution in [3.8, 4) is 5.75 Å². The van der Waals surface area contributed by atoms with Crippen LogP contribution in [-0.2, 0) is 26.2 Å². The van der Waals surface area contributed by atoms with Crippen molar-refractivity contribution in [1.29, 1.82) is 0 Å². The van der Waals surface area contributed by atoms with Crippen molar-refractivity contribution in [3.63, 3.8) is 0 Å². The van der Waals surface area contributed by atoms with E-state index in [4.69, 9.17) is 4.74 Å². The third-order valence-corrected chi connectivity index (χ3v) is 9.29. The van der Waals surface area contributed by atoms with Crippen LogP contribution in [0.4, 0.5) is 5.69 Å². The number of hydrogen-bond acceptors (Lipinski definition) is 5.